The minimum absolute atomic E-state index is 0. The van der Waals surface area contributed by atoms with Gasteiger partial charge in [0.05, 0.1) is 12.1 Å². The second-order valence-electron chi connectivity index (χ2n) is 3.52. The van der Waals surface area contributed by atoms with Gasteiger partial charge in [0, 0.05) is 13.1 Å². The van der Waals surface area contributed by atoms with Gasteiger partial charge in [-0.1, -0.05) is 26.7 Å². The average Bonchev–Trinajstić information content (AvgIpc) is 2.27. The molecule has 2 amide bonds. The molecule has 0 aliphatic rings. The van der Waals surface area contributed by atoms with Gasteiger partial charge in [-0.3, -0.25) is 8.61 Å². The molecule has 0 unspecified atom stereocenters. The van der Waals surface area contributed by atoms with E-state index in [0.717, 1.165) is 21.5 Å². The molecule has 0 aromatic rings. The van der Waals surface area contributed by atoms with Crippen molar-refractivity contribution >= 4 is 24.3 Å². The predicted molar refractivity (Wildman–Crippen MR) is 61.6 cm³/mol. The van der Waals surface area contributed by atoms with Crippen molar-refractivity contribution in [3.8, 4) is 0 Å². The zero-order chi connectivity index (χ0) is 13.3. The summed E-state index contributed by atoms with van der Waals surface area (Å²) in [6.45, 7) is 4.34. The molecule has 0 bridgehead atoms. The van der Waals surface area contributed by atoms with Crippen LogP contribution >= 0.6 is 12.1 Å². The van der Waals surface area contributed by atoms with Crippen LogP contribution in [-0.2, 0) is 19.5 Å². The molecular weight excluding hydrogens is 310 g/mol. The molecular formula is C10H18N2O4SZn. The first-order chi connectivity index (χ1) is 8.02. The Morgan fingerprint density at radius 3 is 1.50 bits per heavy atom. The molecule has 0 heterocycles. The molecule has 6 nitrogen and oxygen atoms in total. The number of hydrogen-bond donors (Lipinski definition) is 0. The zero-order valence-electron chi connectivity index (χ0n) is 10.9. The van der Waals surface area contributed by atoms with Crippen LogP contribution in [0.15, 0.2) is 0 Å². The number of amides is 2. The number of hydrogen-bond acceptors (Lipinski definition) is 5. The van der Waals surface area contributed by atoms with Gasteiger partial charge < -0.3 is 19.8 Å². The summed E-state index contributed by atoms with van der Waals surface area (Å²) >= 11 is 0.629. The largest absolute Gasteiger partial charge is 2.00 e. The van der Waals surface area contributed by atoms with Gasteiger partial charge in [-0.05, 0) is 12.8 Å². The number of nitrogens with zero attached hydrogens (tertiary/aromatic N) is 2. The van der Waals surface area contributed by atoms with E-state index < -0.39 is 12.2 Å². The smallest absolute Gasteiger partial charge is 0.529 e. The fourth-order valence-corrected chi connectivity index (χ4v) is 1.85. The van der Waals surface area contributed by atoms with E-state index in [-0.39, 0.29) is 32.6 Å². The Bertz CT molecular complexity index is 232. The summed E-state index contributed by atoms with van der Waals surface area (Å²) in [5, 5.41) is 21.6. The number of rotatable bonds is 8. The van der Waals surface area contributed by atoms with E-state index in [1.165, 1.54) is 0 Å². The van der Waals surface area contributed by atoms with E-state index in [1.807, 2.05) is 13.8 Å². The van der Waals surface area contributed by atoms with Gasteiger partial charge >= 0.3 is 19.5 Å². The van der Waals surface area contributed by atoms with Gasteiger partial charge in [-0.15, -0.1) is 0 Å². The molecule has 0 aromatic heterocycles. The molecule has 100 valence electrons. The minimum Gasteiger partial charge on any atom is -0.529 e. The summed E-state index contributed by atoms with van der Waals surface area (Å²) in [6, 6.07) is 0. The molecule has 0 saturated heterocycles. The fourth-order valence-electron chi connectivity index (χ4n) is 1.05. The van der Waals surface area contributed by atoms with Gasteiger partial charge in [0.15, 0.2) is 0 Å². The first-order valence-corrected chi connectivity index (χ1v) is 6.41. The van der Waals surface area contributed by atoms with Crippen LogP contribution in [0.1, 0.15) is 39.5 Å². The molecule has 0 rings (SSSR count). The second kappa shape index (κ2) is 11.6. The van der Waals surface area contributed by atoms with Crippen LogP contribution in [0.5, 0.6) is 0 Å². The van der Waals surface area contributed by atoms with E-state index in [2.05, 4.69) is 0 Å². The minimum atomic E-state index is -1.38. The molecule has 0 saturated carbocycles. The predicted octanol–water partition coefficient (Wildman–Crippen LogP) is 0.438. The van der Waals surface area contributed by atoms with E-state index >= 15 is 0 Å². The standard InChI is InChI=1S/C10H20N2O4S.Zn/c1-3-5-7-11(9(13)14)17-12(10(15)16)8-6-4-2;/h3-8H2,1-2H3,(H,13,14)(H,15,16);/q;+2/p-2. The van der Waals surface area contributed by atoms with Crippen LogP contribution in [0.3, 0.4) is 0 Å². The quantitative estimate of drug-likeness (QED) is 0.477. The van der Waals surface area contributed by atoms with Crippen LogP contribution < -0.4 is 10.2 Å². The summed E-state index contributed by atoms with van der Waals surface area (Å²) in [4.78, 5) is 21.6. The van der Waals surface area contributed by atoms with Crippen molar-refractivity contribution in [1.82, 2.24) is 8.61 Å². The van der Waals surface area contributed by atoms with Gasteiger partial charge in [-0.25, -0.2) is 0 Å². The van der Waals surface area contributed by atoms with Gasteiger partial charge in [0.1, 0.15) is 12.2 Å². The first-order valence-electron chi connectivity index (χ1n) is 5.68. The Kier molecular flexibility index (Phi) is 12.8. The molecule has 0 aromatic carbocycles. The maximum Gasteiger partial charge on any atom is 2.00 e. The van der Waals surface area contributed by atoms with E-state index in [4.69, 9.17) is 0 Å². The molecule has 18 heavy (non-hydrogen) atoms. The van der Waals surface area contributed by atoms with E-state index in [0.29, 0.717) is 25.0 Å². The summed E-state index contributed by atoms with van der Waals surface area (Å²) in [7, 11) is 0. The Balaban J connectivity index is 0. The Labute approximate surface area is 125 Å². The normalized spacial score (nSPS) is 9.44. The molecule has 8 heteroatoms. The van der Waals surface area contributed by atoms with Crippen LogP contribution in [-0.4, -0.2) is 33.9 Å². The molecule has 0 radical (unpaired) electrons. The monoisotopic (exact) mass is 326 g/mol. The van der Waals surface area contributed by atoms with Gasteiger partial charge in [0.2, 0.25) is 0 Å². The third kappa shape index (κ3) is 8.58. The van der Waals surface area contributed by atoms with Crippen molar-refractivity contribution in [2.24, 2.45) is 0 Å². The molecule has 0 aliphatic heterocycles. The van der Waals surface area contributed by atoms with Crippen LogP contribution in [0, 0.1) is 0 Å². The Morgan fingerprint density at radius 2 is 1.28 bits per heavy atom. The van der Waals surface area contributed by atoms with Crippen LogP contribution in [0.2, 0.25) is 0 Å². The third-order valence-electron chi connectivity index (χ3n) is 2.03. The maximum atomic E-state index is 10.8. The number of carboxylic acid groups (broad SMARTS) is 2. The van der Waals surface area contributed by atoms with E-state index in [9.17, 15) is 19.8 Å². The number of carbonyl (C=O) groups excluding carboxylic acids is 2. The van der Waals surface area contributed by atoms with Gasteiger partial charge in [-0.2, -0.15) is 0 Å². The SMILES string of the molecule is CCCCN(SN(CCCC)C(=O)[O-])C(=O)[O-].[Zn+2]. The summed E-state index contributed by atoms with van der Waals surface area (Å²) < 4.78 is 1.82. The fraction of sp³-hybridized carbons (Fsp3) is 0.800. The van der Waals surface area contributed by atoms with Crippen LogP contribution in [0.4, 0.5) is 9.59 Å². The van der Waals surface area contributed by atoms with Crippen molar-refractivity contribution in [3.63, 3.8) is 0 Å². The summed E-state index contributed by atoms with van der Waals surface area (Å²) in [5.41, 5.74) is 0. The van der Waals surface area contributed by atoms with Crippen molar-refractivity contribution in [3.05, 3.63) is 0 Å². The molecule has 0 N–H and O–H groups in total. The topological polar surface area (TPSA) is 86.7 Å². The second-order valence-corrected chi connectivity index (χ2v) is 4.57. The average molecular weight is 328 g/mol. The van der Waals surface area contributed by atoms with Crippen molar-refractivity contribution in [2.75, 3.05) is 13.1 Å². The number of unbranched alkanes of at least 4 members (excludes halogenated alkanes) is 2. The third-order valence-corrected chi connectivity index (χ3v) is 3.09. The zero-order valence-corrected chi connectivity index (χ0v) is 14.7. The number of carbonyl (C=O) groups is 2. The van der Waals surface area contributed by atoms with Crippen LogP contribution in [0.25, 0.3) is 0 Å². The van der Waals surface area contributed by atoms with Crippen molar-refractivity contribution < 1.29 is 39.3 Å². The summed E-state index contributed by atoms with van der Waals surface area (Å²) in [6.07, 6.45) is 0.206. The van der Waals surface area contributed by atoms with E-state index in [1.54, 1.807) is 0 Å². The molecule has 0 spiro atoms. The Morgan fingerprint density at radius 1 is 0.944 bits per heavy atom. The molecule has 0 aliphatic carbocycles. The van der Waals surface area contributed by atoms with Gasteiger partial charge in [0.25, 0.3) is 0 Å². The maximum absolute atomic E-state index is 10.8. The Hall–Kier alpha value is -0.487. The van der Waals surface area contributed by atoms with Crippen molar-refractivity contribution in [1.29, 1.82) is 0 Å². The summed E-state index contributed by atoms with van der Waals surface area (Å²) in [5.74, 6) is 0. The first kappa shape index (κ1) is 19.8. The molecule has 0 atom stereocenters. The van der Waals surface area contributed by atoms with Crippen molar-refractivity contribution in [2.45, 2.75) is 39.5 Å². The molecule has 0 fully saturated rings.